The lowest BCUT2D eigenvalue weighted by molar-refractivity contribution is 0.182. The quantitative estimate of drug-likeness (QED) is 0.845. The number of aromatic nitrogens is 1. The number of methoxy groups -OCH3 is 1. The summed E-state index contributed by atoms with van der Waals surface area (Å²) in [5.41, 5.74) is 0. The van der Waals surface area contributed by atoms with Crippen molar-refractivity contribution in [2.75, 3.05) is 19.0 Å². The van der Waals surface area contributed by atoms with E-state index in [0.717, 1.165) is 24.0 Å². The first-order valence-electron chi connectivity index (χ1n) is 6.44. The molecule has 1 aromatic carbocycles. The first kappa shape index (κ1) is 12.8. The average Bonchev–Trinajstić information content (AvgIpc) is 2.40. The molecule has 1 heterocycles. The monoisotopic (exact) mass is 244 g/mol. The maximum absolute atomic E-state index is 5.25. The number of pyridine rings is 1. The molecule has 0 fully saturated rings. The van der Waals surface area contributed by atoms with Crippen molar-refractivity contribution in [2.24, 2.45) is 0 Å². The van der Waals surface area contributed by atoms with Crippen molar-refractivity contribution in [2.45, 2.75) is 25.8 Å². The van der Waals surface area contributed by atoms with Gasteiger partial charge in [0.25, 0.3) is 0 Å². The Balaban J connectivity index is 2.24. The molecule has 2 aromatic rings. The number of nitrogens with one attached hydrogen (secondary N) is 1. The van der Waals surface area contributed by atoms with Crippen LogP contribution < -0.4 is 5.32 Å². The predicted octanol–water partition coefficient (Wildman–Crippen LogP) is 3.46. The molecular formula is C15H20N2O. The van der Waals surface area contributed by atoms with Gasteiger partial charge in [-0.25, -0.2) is 4.98 Å². The zero-order valence-electron chi connectivity index (χ0n) is 11.0. The fourth-order valence-corrected chi connectivity index (χ4v) is 2.17. The fraction of sp³-hybridized carbons (Fsp3) is 0.400. The Morgan fingerprint density at radius 2 is 2.11 bits per heavy atom. The minimum Gasteiger partial charge on any atom is -0.383 e. The van der Waals surface area contributed by atoms with Gasteiger partial charge in [0.15, 0.2) is 0 Å². The summed E-state index contributed by atoms with van der Waals surface area (Å²) in [6, 6.07) is 10.6. The van der Waals surface area contributed by atoms with E-state index in [-0.39, 0.29) is 0 Å². The molecular weight excluding hydrogens is 224 g/mol. The molecule has 1 N–H and O–H groups in total. The SMILES string of the molecule is CCCC(COC)Nc1nccc2ccccc12. The first-order chi connectivity index (χ1) is 8.85. The van der Waals surface area contributed by atoms with Crippen LogP contribution in [-0.4, -0.2) is 24.7 Å². The van der Waals surface area contributed by atoms with E-state index in [9.17, 15) is 0 Å². The van der Waals surface area contributed by atoms with Gasteiger partial charge in [0.05, 0.1) is 12.6 Å². The summed E-state index contributed by atoms with van der Waals surface area (Å²) < 4.78 is 5.25. The molecule has 1 aromatic heterocycles. The molecule has 0 saturated carbocycles. The molecule has 1 atom stereocenters. The zero-order valence-corrected chi connectivity index (χ0v) is 11.0. The number of benzene rings is 1. The lowest BCUT2D eigenvalue weighted by Gasteiger charge is -2.18. The number of anilines is 1. The van der Waals surface area contributed by atoms with E-state index in [1.54, 1.807) is 7.11 Å². The Hall–Kier alpha value is -1.61. The fourth-order valence-electron chi connectivity index (χ4n) is 2.17. The van der Waals surface area contributed by atoms with Crippen LogP contribution in [0, 0.1) is 0 Å². The summed E-state index contributed by atoms with van der Waals surface area (Å²) in [5, 5.41) is 5.86. The number of nitrogens with zero attached hydrogens (tertiary/aromatic N) is 1. The molecule has 1 unspecified atom stereocenters. The van der Waals surface area contributed by atoms with Crippen LogP contribution in [0.15, 0.2) is 36.5 Å². The van der Waals surface area contributed by atoms with Gasteiger partial charge in [0, 0.05) is 18.7 Å². The highest BCUT2D eigenvalue weighted by Crippen LogP contribution is 2.21. The molecule has 0 radical (unpaired) electrons. The van der Waals surface area contributed by atoms with Gasteiger partial charge in [-0.2, -0.15) is 0 Å². The van der Waals surface area contributed by atoms with Gasteiger partial charge in [0.1, 0.15) is 5.82 Å². The highest BCUT2D eigenvalue weighted by Gasteiger charge is 2.09. The normalized spacial score (nSPS) is 12.6. The summed E-state index contributed by atoms with van der Waals surface area (Å²) in [4.78, 5) is 4.44. The van der Waals surface area contributed by atoms with Crippen LogP contribution in [0.25, 0.3) is 10.8 Å². The number of rotatable bonds is 6. The number of hydrogen-bond acceptors (Lipinski definition) is 3. The summed E-state index contributed by atoms with van der Waals surface area (Å²) in [5.74, 6) is 0.948. The van der Waals surface area contributed by atoms with Crippen LogP contribution >= 0.6 is 0 Å². The van der Waals surface area contributed by atoms with Crippen molar-refractivity contribution in [1.29, 1.82) is 0 Å². The Labute approximate surface area is 108 Å². The van der Waals surface area contributed by atoms with E-state index in [0.29, 0.717) is 12.6 Å². The molecule has 2 rings (SSSR count). The van der Waals surface area contributed by atoms with Crippen LogP contribution in [0.3, 0.4) is 0 Å². The Morgan fingerprint density at radius 3 is 2.89 bits per heavy atom. The molecule has 18 heavy (non-hydrogen) atoms. The molecule has 0 aliphatic rings. The van der Waals surface area contributed by atoms with Crippen molar-refractivity contribution in [1.82, 2.24) is 4.98 Å². The summed E-state index contributed by atoms with van der Waals surface area (Å²) in [6.07, 6.45) is 4.06. The molecule has 96 valence electrons. The van der Waals surface area contributed by atoms with E-state index < -0.39 is 0 Å². The zero-order chi connectivity index (χ0) is 12.8. The second kappa shape index (κ2) is 6.36. The maximum atomic E-state index is 5.25. The lowest BCUT2D eigenvalue weighted by atomic mass is 10.1. The van der Waals surface area contributed by atoms with Gasteiger partial charge in [0.2, 0.25) is 0 Å². The number of hydrogen-bond donors (Lipinski definition) is 1. The van der Waals surface area contributed by atoms with E-state index in [4.69, 9.17) is 4.74 Å². The molecule has 0 spiro atoms. The summed E-state index contributed by atoms with van der Waals surface area (Å²) >= 11 is 0. The predicted molar refractivity (Wildman–Crippen MR) is 75.9 cm³/mol. The molecule has 0 bridgehead atoms. The second-order valence-corrected chi connectivity index (χ2v) is 4.47. The lowest BCUT2D eigenvalue weighted by Crippen LogP contribution is -2.25. The standard InChI is InChI=1S/C15H20N2O/c1-3-6-13(11-18-2)17-15-14-8-5-4-7-12(14)9-10-16-15/h4-5,7-10,13H,3,6,11H2,1-2H3,(H,16,17). The van der Waals surface area contributed by atoms with E-state index in [1.807, 2.05) is 24.4 Å². The second-order valence-electron chi connectivity index (χ2n) is 4.47. The Bertz CT molecular complexity index is 487. The topological polar surface area (TPSA) is 34.1 Å². The third-order valence-electron chi connectivity index (χ3n) is 3.02. The molecule has 3 nitrogen and oxygen atoms in total. The van der Waals surface area contributed by atoms with Crippen LogP contribution in [0.1, 0.15) is 19.8 Å². The van der Waals surface area contributed by atoms with Crippen molar-refractivity contribution < 1.29 is 4.74 Å². The average molecular weight is 244 g/mol. The summed E-state index contributed by atoms with van der Waals surface area (Å²) in [7, 11) is 1.74. The molecule has 0 aliphatic heterocycles. The van der Waals surface area contributed by atoms with Gasteiger partial charge >= 0.3 is 0 Å². The van der Waals surface area contributed by atoms with Gasteiger partial charge in [-0.3, -0.25) is 0 Å². The van der Waals surface area contributed by atoms with E-state index in [2.05, 4.69) is 29.4 Å². The smallest absolute Gasteiger partial charge is 0.134 e. The molecule has 0 aliphatic carbocycles. The third kappa shape index (κ3) is 2.99. The van der Waals surface area contributed by atoms with Crippen LogP contribution in [0.5, 0.6) is 0 Å². The molecule has 3 heteroatoms. The van der Waals surface area contributed by atoms with E-state index >= 15 is 0 Å². The highest BCUT2D eigenvalue weighted by molar-refractivity contribution is 5.91. The van der Waals surface area contributed by atoms with Gasteiger partial charge in [-0.1, -0.05) is 37.6 Å². The van der Waals surface area contributed by atoms with Crippen molar-refractivity contribution >= 4 is 16.6 Å². The summed E-state index contributed by atoms with van der Waals surface area (Å²) in [6.45, 7) is 2.89. The van der Waals surface area contributed by atoms with Crippen LogP contribution in [-0.2, 0) is 4.74 Å². The largest absolute Gasteiger partial charge is 0.383 e. The van der Waals surface area contributed by atoms with Gasteiger partial charge in [-0.15, -0.1) is 0 Å². The highest BCUT2D eigenvalue weighted by atomic mass is 16.5. The van der Waals surface area contributed by atoms with Gasteiger partial charge in [-0.05, 0) is 17.9 Å². The molecule has 0 saturated heterocycles. The minimum atomic E-state index is 0.318. The minimum absolute atomic E-state index is 0.318. The number of ether oxygens (including phenoxy) is 1. The Morgan fingerprint density at radius 1 is 1.28 bits per heavy atom. The molecule has 0 amide bonds. The first-order valence-corrected chi connectivity index (χ1v) is 6.44. The van der Waals surface area contributed by atoms with Gasteiger partial charge < -0.3 is 10.1 Å². The van der Waals surface area contributed by atoms with Crippen LogP contribution in [0.4, 0.5) is 5.82 Å². The third-order valence-corrected chi connectivity index (χ3v) is 3.02. The van der Waals surface area contributed by atoms with Crippen LogP contribution in [0.2, 0.25) is 0 Å². The van der Waals surface area contributed by atoms with E-state index in [1.165, 1.54) is 5.39 Å². The maximum Gasteiger partial charge on any atom is 0.134 e. The van der Waals surface area contributed by atoms with Crippen molar-refractivity contribution in [3.63, 3.8) is 0 Å². The van der Waals surface area contributed by atoms with Crippen molar-refractivity contribution in [3.8, 4) is 0 Å². The Kier molecular flexibility index (Phi) is 4.53. The van der Waals surface area contributed by atoms with Crippen molar-refractivity contribution in [3.05, 3.63) is 36.5 Å². The number of fused-ring (bicyclic) bond motifs is 1.